The largest absolute Gasteiger partial charge is 0.0845 e. The van der Waals surface area contributed by atoms with Crippen molar-refractivity contribution in [2.75, 3.05) is 0 Å². The molecule has 0 aromatic carbocycles. The van der Waals surface area contributed by atoms with Crippen LogP contribution in [0.4, 0.5) is 0 Å². The summed E-state index contributed by atoms with van der Waals surface area (Å²) in [5.74, 6) is 1.24. The molecule has 2 unspecified atom stereocenters. The second kappa shape index (κ2) is 5.34. The van der Waals surface area contributed by atoms with Gasteiger partial charge in [-0.1, -0.05) is 64.2 Å². The van der Waals surface area contributed by atoms with Crippen LogP contribution in [-0.4, -0.2) is 0 Å². The zero-order valence-electron chi connectivity index (χ0n) is 10.5. The summed E-state index contributed by atoms with van der Waals surface area (Å²) in [6, 6.07) is 0. The van der Waals surface area contributed by atoms with Gasteiger partial charge in [0.25, 0.3) is 0 Å². The smallest absolute Gasteiger partial charge is 0.00787 e. The van der Waals surface area contributed by atoms with Crippen molar-refractivity contribution in [1.82, 2.24) is 0 Å². The summed E-state index contributed by atoms with van der Waals surface area (Å²) >= 11 is 0. The van der Waals surface area contributed by atoms with E-state index in [-0.39, 0.29) is 0 Å². The third-order valence-electron chi connectivity index (χ3n) is 3.07. The van der Waals surface area contributed by atoms with Crippen molar-refractivity contribution in [3.05, 3.63) is 36.5 Å². The number of rotatable bonds is 0. The van der Waals surface area contributed by atoms with Crippen LogP contribution in [0.15, 0.2) is 36.5 Å². The van der Waals surface area contributed by atoms with E-state index in [1.54, 1.807) is 0 Å². The van der Waals surface area contributed by atoms with Gasteiger partial charge in [0.1, 0.15) is 0 Å². The lowest BCUT2D eigenvalue weighted by Crippen LogP contribution is -2.18. The summed E-state index contributed by atoms with van der Waals surface area (Å²) in [7, 11) is 0. The van der Waals surface area contributed by atoms with Crippen LogP contribution >= 0.6 is 0 Å². The molecule has 0 aromatic heterocycles. The summed E-state index contributed by atoms with van der Waals surface area (Å²) in [4.78, 5) is 0. The molecule has 0 nitrogen and oxygen atoms in total. The molecule has 0 fully saturated rings. The molecule has 0 saturated carbocycles. The van der Waals surface area contributed by atoms with E-state index in [1.165, 1.54) is 12.8 Å². The average Bonchev–Trinajstić information content (AvgIpc) is 2.14. The first-order valence-electron chi connectivity index (χ1n) is 6.02. The highest BCUT2D eigenvalue weighted by molar-refractivity contribution is 5.10. The fourth-order valence-corrected chi connectivity index (χ4v) is 1.88. The molecule has 0 radical (unpaired) electrons. The Morgan fingerprint density at radius 3 is 2.40 bits per heavy atom. The highest BCUT2D eigenvalue weighted by atomic mass is 14.3. The van der Waals surface area contributed by atoms with Gasteiger partial charge >= 0.3 is 0 Å². The number of allylic oxidation sites excluding steroid dienone is 6. The molecule has 1 aliphatic carbocycles. The van der Waals surface area contributed by atoms with E-state index >= 15 is 0 Å². The monoisotopic (exact) mass is 204 g/mol. The molecule has 0 saturated heterocycles. The summed E-state index contributed by atoms with van der Waals surface area (Å²) in [5, 5.41) is 0. The van der Waals surface area contributed by atoms with Gasteiger partial charge in [0.05, 0.1) is 0 Å². The third-order valence-corrected chi connectivity index (χ3v) is 3.07. The van der Waals surface area contributed by atoms with Crippen molar-refractivity contribution in [3.8, 4) is 0 Å². The Bertz CT molecular complexity index is 260. The van der Waals surface area contributed by atoms with Crippen LogP contribution < -0.4 is 0 Å². The second-order valence-electron chi connectivity index (χ2n) is 5.61. The van der Waals surface area contributed by atoms with Crippen molar-refractivity contribution < 1.29 is 0 Å². The Kier molecular flexibility index (Phi) is 4.38. The summed E-state index contributed by atoms with van der Waals surface area (Å²) in [5.41, 5.74) is 0.382. The van der Waals surface area contributed by atoms with Crippen LogP contribution in [0.2, 0.25) is 0 Å². The lowest BCUT2D eigenvalue weighted by molar-refractivity contribution is 0.279. The number of hydrogen-bond donors (Lipinski definition) is 0. The SMILES string of the molecule is CC1C=CC(C(C)(C)C)CC/C=C\C=C/1. The predicted octanol–water partition coefficient (Wildman–Crippen LogP) is 4.75. The summed E-state index contributed by atoms with van der Waals surface area (Å²) < 4.78 is 0. The lowest BCUT2D eigenvalue weighted by atomic mass is 9.77. The minimum atomic E-state index is 0.382. The molecule has 2 atom stereocenters. The first-order valence-corrected chi connectivity index (χ1v) is 6.02. The van der Waals surface area contributed by atoms with Gasteiger partial charge < -0.3 is 0 Å². The van der Waals surface area contributed by atoms with Gasteiger partial charge in [-0.2, -0.15) is 0 Å². The van der Waals surface area contributed by atoms with E-state index in [0.29, 0.717) is 17.3 Å². The van der Waals surface area contributed by atoms with E-state index < -0.39 is 0 Å². The third kappa shape index (κ3) is 4.51. The molecular formula is C15H24. The zero-order chi connectivity index (χ0) is 11.3. The fourth-order valence-electron chi connectivity index (χ4n) is 1.88. The average molecular weight is 204 g/mol. The topological polar surface area (TPSA) is 0 Å². The Balaban J connectivity index is 2.78. The summed E-state index contributed by atoms with van der Waals surface area (Å²) in [6.45, 7) is 9.23. The van der Waals surface area contributed by atoms with Gasteiger partial charge in [-0.3, -0.25) is 0 Å². The highest BCUT2D eigenvalue weighted by Crippen LogP contribution is 2.31. The molecule has 0 heteroatoms. The normalized spacial score (nSPS) is 32.3. The Labute approximate surface area is 94.8 Å². The highest BCUT2D eigenvalue weighted by Gasteiger charge is 2.21. The molecule has 15 heavy (non-hydrogen) atoms. The van der Waals surface area contributed by atoms with Gasteiger partial charge in [-0.05, 0) is 30.1 Å². The van der Waals surface area contributed by atoms with Gasteiger partial charge in [0.2, 0.25) is 0 Å². The number of hydrogen-bond acceptors (Lipinski definition) is 0. The molecular weight excluding hydrogens is 180 g/mol. The van der Waals surface area contributed by atoms with Gasteiger partial charge in [-0.25, -0.2) is 0 Å². The van der Waals surface area contributed by atoms with E-state index in [1.807, 2.05) is 0 Å². The maximum atomic E-state index is 2.41. The second-order valence-corrected chi connectivity index (χ2v) is 5.61. The molecule has 1 aliphatic rings. The molecule has 0 spiro atoms. The Morgan fingerprint density at radius 2 is 1.73 bits per heavy atom. The van der Waals surface area contributed by atoms with Crippen LogP contribution in [-0.2, 0) is 0 Å². The molecule has 84 valence electrons. The zero-order valence-corrected chi connectivity index (χ0v) is 10.5. The molecule has 0 N–H and O–H groups in total. The molecule has 0 bridgehead atoms. The van der Waals surface area contributed by atoms with E-state index in [0.717, 1.165) is 0 Å². The van der Waals surface area contributed by atoms with Crippen molar-refractivity contribution in [2.24, 2.45) is 17.3 Å². The van der Waals surface area contributed by atoms with Crippen molar-refractivity contribution in [1.29, 1.82) is 0 Å². The van der Waals surface area contributed by atoms with Crippen LogP contribution in [0.1, 0.15) is 40.5 Å². The van der Waals surface area contributed by atoms with Gasteiger partial charge in [-0.15, -0.1) is 0 Å². The lowest BCUT2D eigenvalue weighted by Gasteiger charge is -2.28. The predicted molar refractivity (Wildman–Crippen MR) is 68.8 cm³/mol. The molecule has 1 rings (SSSR count). The van der Waals surface area contributed by atoms with Crippen molar-refractivity contribution in [2.45, 2.75) is 40.5 Å². The Morgan fingerprint density at radius 1 is 1.00 bits per heavy atom. The quantitative estimate of drug-likeness (QED) is 0.500. The molecule has 0 amide bonds. The Hall–Kier alpha value is -0.780. The van der Waals surface area contributed by atoms with Crippen LogP contribution in [0.5, 0.6) is 0 Å². The summed E-state index contributed by atoms with van der Waals surface area (Å²) in [6.07, 6.45) is 16.1. The minimum absolute atomic E-state index is 0.382. The molecule has 0 heterocycles. The fraction of sp³-hybridized carbons (Fsp3) is 0.600. The standard InChI is InChI=1S/C15H24/c1-13-9-7-5-6-8-10-14(12-11-13)15(2,3)4/h5-7,9,11-14H,8,10H2,1-4H3/b6-5-,9-7-,12-11?. The van der Waals surface area contributed by atoms with Crippen LogP contribution in [0.3, 0.4) is 0 Å². The van der Waals surface area contributed by atoms with Crippen LogP contribution in [0, 0.1) is 17.3 Å². The first-order chi connectivity index (χ1) is 7.00. The van der Waals surface area contributed by atoms with Crippen LogP contribution in [0.25, 0.3) is 0 Å². The first kappa shape index (κ1) is 12.3. The van der Waals surface area contributed by atoms with E-state index in [9.17, 15) is 0 Å². The molecule has 0 aliphatic heterocycles. The molecule has 0 aromatic rings. The maximum absolute atomic E-state index is 2.41. The van der Waals surface area contributed by atoms with Crippen molar-refractivity contribution >= 4 is 0 Å². The maximum Gasteiger partial charge on any atom is -0.00787 e. The van der Waals surface area contributed by atoms with Gasteiger partial charge in [0.15, 0.2) is 0 Å². The van der Waals surface area contributed by atoms with Gasteiger partial charge in [0, 0.05) is 0 Å². The minimum Gasteiger partial charge on any atom is -0.0845 e. The van der Waals surface area contributed by atoms with E-state index in [2.05, 4.69) is 64.2 Å². The van der Waals surface area contributed by atoms with E-state index in [4.69, 9.17) is 0 Å². The van der Waals surface area contributed by atoms with Crippen molar-refractivity contribution in [3.63, 3.8) is 0 Å².